The van der Waals surface area contributed by atoms with E-state index in [-0.39, 0.29) is 19.6 Å². The van der Waals surface area contributed by atoms with Crippen LogP contribution in [0.4, 0.5) is 0 Å². The molecule has 0 atom stereocenters. The van der Waals surface area contributed by atoms with Crippen molar-refractivity contribution < 1.29 is 14.7 Å². The van der Waals surface area contributed by atoms with E-state index in [9.17, 15) is 9.59 Å². The van der Waals surface area contributed by atoms with Gasteiger partial charge >= 0.3 is 5.97 Å². The zero-order valence-corrected chi connectivity index (χ0v) is 10.0. The van der Waals surface area contributed by atoms with Crippen molar-refractivity contribution in [2.45, 2.75) is 6.54 Å². The molecule has 17 heavy (non-hydrogen) atoms. The van der Waals surface area contributed by atoms with Crippen LogP contribution in [0.2, 0.25) is 5.15 Å². The molecule has 0 radical (unpaired) electrons. The maximum absolute atomic E-state index is 10.8. The fourth-order valence-electron chi connectivity index (χ4n) is 1.35. The lowest BCUT2D eigenvalue weighted by atomic mass is 10.4. The van der Waals surface area contributed by atoms with Crippen LogP contribution in [0.3, 0.4) is 0 Å². The highest BCUT2D eigenvalue weighted by Gasteiger charge is 2.15. The van der Waals surface area contributed by atoms with Crippen molar-refractivity contribution in [3.05, 3.63) is 17.2 Å². The Morgan fingerprint density at radius 1 is 1.59 bits per heavy atom. The molecule has 0 bridgehead atoms. The van der Waals surface area contributed by atoms with Gasteiger partial charge in [-0.15, -0.1) is 0 Å². The lowest BCUT2D eigenvalue weighted by Gasteiger charge is -2.17. The van der Waals surface area contributed by atoms with E-state index < -0.39 is 11.9 Å². The number of imidazole rings is 1. The molecule has 3 N–H and O–H groups in total. The quantitative estimate of drug-likeness (QED) is 0.714. The number of carbonyl (C=O) groups is 2. The number of carboxylic acids is 1. The molecule has 0 aromatic carbocycles. The highest BCUT2D eigenvalue weighted by atomic mass is 35.5. The van der Waals surface area contributed by atoms with Gasteiger partial charge in [0.15, 0.2) is 0 Å². The third-order valence-electron chi connectivity index (χ3n) is 2.13. The molecule has 1 aromatic heterocycles. The summed E-state index contributed by atoms with van der Waals surface area (Å²) in [4.78, 5) is 26.8. The molecule has 1 aromatic rings. The molecular weight excluding hydrogens is 248 g/mol. The number of nitrogens with zero attached hydrogens (tertiary/aromatic N) is 3. The standard InChI is InChI=1S/C9H13ClN4O3/c1-13-6(10)2-12-8(13)4-14(3-7(11)15)5-9(16)17/h2H,3-5H2,1H3,(H2,11,15)(H,16,17). The number of rotatable bonds is 6. The van der Waals surface area contributed by atoms with E-state index in [4.69, 9.17) is 22.4 Å². The number of hydrogen-bond acceptors (Lipinski definition) is 4. The molecule has 0 saturated carbocycles. The third kappa shape index (κ3) is 4.04. The van der Waals surface area contributed by atoms with E-state index >= 15 is 0 Å². The molecule has 0 spiro atoms. The van der Waals surface area contributed by atoms with Crippen LogP contribution in [0.25, 0.3) is 0 Å². The van der Waals surface area contributed by atoms with Crippen LogP contribution in [-0.4, -0.2) is 44.5 Å². The fraction of sp³-hybridized carbons (Fsp3) is 0.444. The molecule has 8 heteroatoms. The Labute approximate surface area is 103 Å². The van der Waals surface area contributed by atoms with Crippen molar-refractivity contribution in [1.29, 1.82) is 0 Å². The minimum Gasteiger partial charge on any atom is -0.480 e. The van der Waals surface area contributed by atoms with Crippen molar-refractivity contribution in [3.63, 3.8) is 0 Å². The van der Waals surface area contributed by atoms with E-state index in [1.165, 1.54) is 11.1 Å². The van der Waals surface area contributed by atoms with Gasteiger partial charge in [-0.3, -0.25) is 14.5 Å². The maximum Gasteiger partial charge on any atom is 0.317 e. The van der Waals surface area contributed by atoms with Crippen LogP contribution in [0.15, 0.2) is 6.20 Å². The van der Waals surface area contributed by atoms with E-state index in [1.54, 1.807) is 11.6 Å². The SMILES string of the molecule is Cn1c(Cl)cnc1CN(CC(N)=O)CC(=O)O. The molecule has 0 aliphatic carbocycles. The first-order valence-corrected chi connectivity index (χ1v) is 5.16. The number of aromatic nitrogens is 2. The summed E-state index contributed by atoms with van der Waals surface area (Å²) < 4.78 is 1.61. The highest BCUT2D eigenvalue weighted by molar-refractivity contribution is 6.29. The van der Waals surface area contributed by atoms with Gasteiger partial charge in [0.2, 0.25) is 5.91 Å². The second-order valence-corrected chi connectivity index (χ2v) is 3.95. The van der Waals surface area contributed by atoms with Gasteiger partial charge in [-0.2, -0.15) is 0 Å². The second kappa shape index (κ2) is 5.65. The first-order chi connectivity index (χ1) is 7.90. The lowest BCUT2D eigenvalue weighted by Crippen LogP contribution is -2.37. The Morgan fingerprint density at radius 2 is 2.24 bits per heavy atom. The van der Waals surface area contributed by atoms with Gasteiger partial charge in [-0.05, 0) is 0 Å². The molecule has 94 valence electrons. The summed E-state index contributed by atoms with van der Waals surface area (Å²) >= 11 is 5.80. The number of primary amides is 1. The van der Waals surface area contributed by atoms with Crippen molar-refractivity contribution in [3.8, 4) is 0 Å². The first kappa shape index (κ1) is 13.5. The smallest absolute Gasteiger partial charge is 0.317 e. The van der Waals surface area contributed by atoms with Crippen LogP contribution in [-0.2, 0) is 23.2 Å². The highest BCUT2D eigenvalue weighted by Crippen LogP contribution is 2.10. The zero-order chi connectivity index (χ0) is 13.0. The van der Waals surface area contributed by atoms with E-state index in [0.717, 1.165) is 0 Å². The Hall–Kier alpha value is -1.60. The molecule has 0 saturated heterocycles. The van der Waals surface area contributed by atoms with E-state index in [0.29, 0.717) is 11.0 Å². The predicted octanol–water partition coefficient (Wildman–Crippen LogP) is -0.555. The van der Waals surface area contributed by atoms with Crippen molar-refractivity contribution in [1.82, 2.24) is 14.5 Å². The summed E-state index contributed by atoms with van der Waals surface area (Å²) in [5.41, 5.74) is 5.04. The van der Waals surface area contributed by atoms with Gasteiger partial charge in [0.05, 0.1) is 25.8 Å². The Bertz CT molecular complexity index is 416. The molecule has 1 amide bonds. The number of carbonyl (C=O) groups excluding carboxylic acids is 1. The van der Waals surface area contributed by atoms with Gasteiger partial charge in [0, 0.05) is 7.05 Å². The van der Waals surface area contributed by atoms with Crippen LogP contribution >= 0.6 is 11.6 Å². The fourth-order valence-corrected chi connectivity index (χ4v) is 1.50. The Kier molecular flexibility index (Phi) is 4.47. The van der Waals surface area contributed by atoms with Crippen molar-refractivity contribution in [2.75, 3.05) is 13.1 Å². The van der Waals surface area contributed by atoms with Gasteiger partial charge in [-0.1, -0.05) is 11.6 Å². The summed E-state index contributed by atoms with van der Waals surface area (Å²) in [6.07, 6.45) is 1.46. The van der Waals surface area contributed by atoms with Crippen molar-refractivity contribution >= 4 is 23.5 Å². The number of halogens is 1. The lowest BCUT2D eigenvalue weighted by molar-refractivity contribution is -0.138. The normalized spacial score (nSPS) is 10.8. The van der Waals surface area contributed by atoms with Gasteiger partial charge < -0.3 is 15.4 Å². The van der Waals surface area contributed by atoms with E-state index in [2.05, 4.69) is 4.98 Å². The molecule has 0 fully saturated rings. The topological polar surface area (TPSA) is 101 Å². The van der Waals surface area contributed by atoms with Gasteiger partial charge in [0.25, 0.3) is 0 Å². The maximum atomic E-state index is 10.8. The average Bonchev–Trinajstić information content (AvgIpc) is 2.47. The van der Waals surface area contributed by atoms with E-state index in [1.807, 2.05) is 0 Å². The zero-order valence-electron chi connectivity index (χ0n) is 9.26. The summed E-state index contributed by atoms with van der Waals surface area (Å²) in [5, 5.41) is 9.14. The Morgan fingerprint density at radius 3 is 2.65 bits per heavy atom. The number of amides is 1. The first-order valence-electron chi connectivity index (χ1n) is 4.78. The minimum absolute atomic E-state index is 0.142. The molecule has 0 aliphatic rings. The number of carboxylic acid groups (broad SMARTS) is 1. The molecule has 7 nitrogen and oxygen atoms in total. The van der Waals surface area contributed by atoms with Crippen LogP contribution in [0.1, 0.15) is 5.82 Å². The average molecular weight is 261 g/mol. The van der Waals surface area contributed by atoms with Crippen LogP contribution < -0.4 is 5.73 Å². The Balaban J connectivity index is 2.74. The summed E-state index contributed by atoms with van der Waals surface area (Å²) in [6.45, 7) is -0.233. The molecular formula is C9H13ClN4O3. The number of aliphatic carboxylic acids is 1. The predicted molar refractivity (Wildman–Crippen MR) is 60.3 cm³/mol. The molecule has 0 aliphatic heterocycles. The third-order valence-corrected chi connectivity index (χ3v) is 2.48. The number of hydrogen-bond donors (Lipinski definition) is 2. The van der Waals surface area contributed by atoms with Gasteiger partial charge in [-0.25, -0.2) is 4.98 Å². The second-order valence-electron chi connectivity index (χ2n) is 3.56. The largest absolute Gasteiger partial charge is 0.480 e. The summed E-state index contributed by atoms with van der Waals surface area (Å²) in [5.74, 6) is -1.06. The van der Waals surface area contributed by atoms with Gasteiger partial charge in [0.1, 0.15) is 11.0 Å². The van der Waals surface area contributed by atoms with Crippen LogP contribution in [0.5, 0.6) is 0 Å². The minimum atomic E-state index is -1.04. The molecule has 0 unspecified atom stereocenters. The molecule has 1 rings (SSSR count). The summed E-state index contributed by atoms with van der Waals surface area (Å²) in [7, 11) is 1.70. The molecule has 1 heterocycles. The monoisotopic (exact) mass is 260 g/mol. The number of nitrogens with two attached hydrogens (primary N) is 1. The van der Waals surface area contributed by atoms with Crippen LogP contribution in [0, 0.1) is 0 Å². The van der Waals surface area contributed by atoms with Crippen molar-refractivity contribution in [2.24, 2.45) is 12.8 Å². The summed E-state index contributed by atoms with van der Waals surface area (Å²) in [6, 6.07) is 0.